The average Bonchev–Trinajstić information content (AvgIpc) is 3.14. The van der Waals surface area contributed by atoms with E-state index in [0.717, 1.165) is 22.3 Å². The van der Waals surface area contributed by atoms with Gasteiger partial charge in [0.05, 0.1) is 7.11 Å². The highest BCUT2D eigenvalue weighted by atomic mass is 16.5. The van der Waals surface area contributed by atoms with Crippen molar-refractivity contribution in [3.05, 3.63) is 148 Å². The first-order valence-corrected chi connectivity index (χ1v) is 16.8. The lowest BCUT2D eigenvalue weighted by Gasteiger charge is -2.36. The predicted molar refractivity (Wildman–Crippen MR) is 197 cm³/mol. The van der Waals surface area contributed by atoms with Crippen LogP contribution < -0.4 is 9.47 Å². The van der Waals surface area contributed by atoms with Gasteiger partial charge >= 0.3 is 0 Å². The highest BCUT2D eigenvalue weighted by Gasteiger charge is 2.38. The van der Waals surface area contributed by atoms with E-state index in [4.69, 9.17) is 9.47 Å². The molecule has 0 fully saturated rings. The summed E-state index contributed by atoms with van der Waals surface area (Å²) in [4.78, 5) is 14.1. The summed E-state index contributed by atoms with van der Waals surface area (Å²) >= 11 is 0. The molecule has 260 valence electrons. The number of carbonyl (C=O) groups is 1. The number of Topliss-reactive ketones (excluding diaryl/α,β-unsaturated/α-hetero) is 1. The fourth-order valence-electron chi connectivity index (χ4n) is 6.42. The van der Waals surface area contributed by atoms with Gasteiger partial charge in [0.25, 0.3) is 0 Å². The number of methoxy groups -OCH3 is 1. The largest absolute Gasteiger partial charge is 0.508 e. The van der Waals surface area contributed by atoms with Crippen LogP contribution in [-0.4, -0.2) is 38.4 Å². The van der Waals surface area contributed by atoms with Gasteiger partial charge in [-0.1, -0.05) is 72.8 Å². The summed E-state index contributed by atoms with van der Waals surface area (Å²) in [6, 6.07) is 27.7. The molecule has 1 aliphatic rings. The van der Waals surface area contributed by atoms with Gasteiger partial charge in [-0.25, -0.2) is 0 Å². The number of hydrogen-bond donors (Lipinski definition) is 5. The lowest BCUT2D eigenvalue weighted by atomic mass is 9.81. The van der Waals surface area contributed by atoms with Crippen LogP contribution in [0.3, 0.4) is 0 Å². The molecule has 1 aliphatic heterocycles. The lowest BCUT2D eigenvalue weighted by molar-refractivity contribution is 0.0932. The molecule has 5 aromatic rings. The molecule has 0 radical (unpaired) electrons. The van der Waals surface area contributed by atoms with Crippen molar-refractivity contribution in [2.24, 2.45) is 5.92 Å². The molecule has 5 aromatic carbocycles. The van der Waals surface area contributed by atoms with Gasteiger partial charge in [-0.3, -0.25) is 4.79 Å². The Kier molecular flexibility index (Phi) is 10.6. The molecule has 8 nitrogen and oxygen atoms in total. The molecule has 0 saturated carbocycles. The zero-order valence-electron chi connectivity index (χ0n) is 28.2. The van der Waals surface area contributed by atoms with Gasteiger partial charge in [0.2, 0.25) is 0 Å². The first-order chi connectivity index (χ1) is 24.7. The van der Waals surface area contributed by atoms with Crippen LogP contribution in [0.4, 0.5) is 0 Å². The van der Waals surface area contributed by atoms with Crippen LogP contribution in [0, 0.1) is 5.92 Å². The second-order valence-electron chi connectivity index (χ2n) is 12.7. The van der Waals surface area contributed by atoms with Gasteiger partial charge in [0, 0.05) is 23.5 Å². The number of aryl methyl sites for hydroxylation is 1. The van der Waals surface area contributed by atoms with Crippen molar-refractivity contribution in [1.29, 1.82) is 0 Å². The lowest BCUT2D eigenvalue weighted by Crippen LogP contribution is -2.27. The predicted octanol–water partition coefficient (Wildman–Crippen LogP) is 8.69. The molecule has 0 amide bonds. The third-order valence-electron chi connectivity index (χ3n) is 9.20. The number of aromatic hydroxyl groups is 5. The zero-order chi connectivity index (χ0) is 35.9. The minimum atomic E-state index is -0.560. The van der Waals surface area contributed by atoms with E-state index in [1.165, 1.54) is 0 Å². The van der Waals surface area contributed by atoms with Gasteiger partial charge in [0.1, 0.15) is 51.9 Å². The first kappa shape index (κ1) is 34.7. The van der Waals surface area contributed by atoms with Crippen molar-refractivity contribution in [3.63, 3.8) is 0 Å². The fourth-order valence-corrected chi connectivity index (χ4v) is 6.42. The number of phenolic OH excluding ortho intramolecular Hbond substituents is 5. The van der Waals surface area contributed by atoms with Crippen LogP contribution in [0.2, 0.25) is 0 Å². The van der Waals surface area contributed by atoms with Crippen LogP contribution in [0.5, 0.6) is 40.2 Å². The molecular formula is C43H40O8. The number of fused-ring (bicyclic) bond motifs is 1. The van der Waals surface area contributed by atoms with Gasteiger partial charge in [-0.15, -0.1) is 0 Å². The van der Waals surface area contributed by atoms with E-state index >= 15 is 0 Å². The minimum Gasteiger partial charge on any atom is -0.508 e. The number of carbonyl (C=O) groups excluding carboxylic acids is 1. The Balaban J connectivity index is 1.38. The summed E-state index contributed by atoms with van der Waals surface area (Å²) in [7, 11) is 1.59. The Labute approximate surface area is 296 Å². The summed E-state index contributed by atoms with van der Waals surface area (Å²) < 4.78 is 11.9. The standard InChI is InChI=1S/C43H40O8/c1-50-35-23-12-29(13-24-35)14-25-38(47)39-41(49)36(7-3-5-28-10-19-33(45)20-11-28)40(48)37-26-31(6-2-4-27-8-17-32(44)18-9-27)42(51-43(37)39)30-15-21-34(46)22-16-30/h2-5,8-13,15-24,31,42,44-46,48-49H,6-7,14,25-26H2,1H3/b4-2+,5-3+/t31-,42+/m1/s1. The van der Waals surface area contributed by atoms with Crippen LogP contribution in [0.15, 0.2) is 109 Å². The summed E-state index contributed by atoms with van der Waals surface area (Å²) in [6.07, 6.45) is 8.55. The second kappa shape index (κ2) is 15.6. The maximum Gasteiger partial charge on any atom is 0.170 e. The summed E-state index contributed by atoms with van der Waals surface area (Å²) in [5.74, 6) is 0.346. The van der Waals surface area contributed by atoms with Crippen molar-refractivity contribution >= 4 is 17.9 Å². The van der Waals surface area contributed by atoms with Gasteiger partial charge in [0.15, 0.2) is 5.78 Å². The number of hydrogen-bond acceptors (Lipinski definition) is 8. The molecule has 0 aliphatic carbocycles. The van der Waals surface area contributed by atoms with E-state index < -0.39 is 6.10 Å². The Morgan fingerprint density at radius 2 is 1.31 bits per heavy atom. The average molecular weight is 685 g/mol. The van der Waals surface area contributed by atoms with Crippen LogP contribution in [0.1, 0.15) is 62.7 Å². The van der Waals surface area contributed by atoms with Gasteiger partial charge in [-0.05, 0) is 96.5 Å². The Morgan fingerprint density at radius 3 is 1.90 bits per heavy atom. The normalized spacial score (nSPS) is 15.5. The third-order valence-corrected chi connectivity index (χ3v) is 9.20. The molecule has 0 bridgehead atoms. The van der Waals surface area contributed by atoms with E-state index in [9.17, 15) is 30.3 Å². The molecule has 5 N–H and O–H groups in total. The first-order valence-electron chi connectivity index (χ1n) is 16.8. The Hall–Kier alpha value is -6.15. The van der Waals surface area contributed by atoms with Gasteiger partial charge in [-0.2, -0.15) is 0 Å². The molecule has 2 atom stereocenters. The number of phenols is 5. The van der Waals surface area contributed by atoms with Crippen LogP contribution in [0.25, 0.3) is 12.2 Å². The molecule has 6 rings (SSSR count). The molecular weight excluding hydrogens is 644 g/mol. The molecule has 0 spiro atoms. The Morgan fingerprint density at radius 1 is 0.745 bits per heavy atom. The molecule has 0 unspecified atom stereocenters. The van der Waals surface area contributed by atoms with Crippen molar-refractivity contribution in [3.8, 4) is 40.2 Å². The number of benzene rings is 5. The number of ketones is 1. The Bertz CT molecular complexity index is 2030. The molecule has 1 heterocycles. The van der Waals surface area contributed by atoms with Crippen molar-refractivity contribution in [2.45, 2.75) is 38.2 Å². The highest BCUT2D eigenvalue weighted by molar-refractivity contribution is 6.03. The van der Waals surface area contributed by atoms with Gasteiger partial charge < -0.3 is 35.0 Å². The molecule has 51 heavy (non-hydrogen) atoms. The second-order valence-corrected chi connectivity index (χ2v) is 12.7. The summed E-state index contributed by atoms with van der Waals surface area (Å²) in [5.41, 5.74) is 4.14. The maximum atomic E-state index is 14.1. The number of ether oxygens (including phenoxy) is 2. The zero-order valence-corrected chi connectivity index (χ0v) is 28.2. The molecule has 0 aromatic heterocycles. The number of allylic oxidation sites excluding steroid dienone is 2. The van der Waals surface area contributed by atoms with Crippen LogP contribution in [-0.2, 0) is 19.3 Å². The van der Waals surface area contributed by atoms with E-state index in [2.05, 4.69) is 0 Å². The maximum absolute atomic E-state index is 14.1. The quantitative estimate of drug-likeness (QED) is 0.0824. The van der Waals surface area contributed by atoms with E-state index in [1.807, 2.05) is 54.6 Å². The molecule has 8 heteroatoms. The minimum absolute atomic E-state index is 0.0335. The SMILES string of the molecule is COc1ccc(CCC(=O)c2c(O)c(C/C=C/c3ccc(O)cc3)c(O)c3c2O[C@@H](c2ccc(O)cc2)[C@H](C/C=C/c2ccc(O)cc2)C3)cc1. The van der Waals surface area contributed by atoms with Crippen LogP contribution >= 0.6 is 0 Å². The summed E-state index contributed by atoms with van der Waals surface area (Å²) in [5, 5.41) is 52.8. The summed E-state index contributed by atoms with van der Waals surface area (Å²) in [6.45, 7) is 0. The fraction of sp³-hybridized carbons (Fsp3) is 0.186. The van der Waals surface area contributed by atoms with E-state index in [-0.39, 0.29) is 70.2 Å². The monoisotopic (exact) mass is 684 g/mol. The number of rotatable bonds is 12. The third kappa shape index (κ3) is 8.19. The van der Waals surface area contributed by atoms with Crippen molar-refractivity contribution in [1.82, 2.24) is 0 Å². The molecule has 0 saturated heterocycles. The smallest absolute Gasteiger partial charge is 0.170 e. The van der Waals surface area contributed by atoms with E-state index in [0.29, 0.717) is 30.6 Å². The topological polar surface area (TPSA) is 137 Å². The van der Waals surface area contributed by atoms with Crippen molar-refractivity contribution < 1.29 is 39.8 Å². The van der Waals surface area contributed by atoms with Crippen molar-refractivity contribution in [2.75, 3.05) is 7.11 Å². The van der Waals surface area contributed by atoms with E-state index in [1.54, 1.807) is 73.8 Å². The highest BCUT2D eigenvalue weighted by Crippen LogP contribution is 2.51.